The maximum absolute atomic E-state index is 12.4. The standard InChI is InChI=1S/C14H22N4O4/c1-10-8-22-9-12(10)7-16-5-6-17(14(16)15-18(20)21)13(19)11-3-2-4-11/h10-12H,2-9H2,1H3. The lowest BCUT2D eigenvalue weighted by Crippen LogP contribution is -2.44. The smallest absolute Gasteiger partial charge is 0.280 e. The molecule has 0 spiro atoms. The molecule has 0 N–H and O–H groups in total. The molecule has 2 aliphatic heterocycles. The summed E-state index contributed by atoms with van der Waals surface area (Å²) in [6.45, 7) is 5.26. The fraction of sp³-hybridized carbons (Fsp3) is 0.857. The van der Waals surface area contributed by atoms with Crippen LogP contribution in [0.5, 0.6) is 0 Å². The molecule has 1 saturated carbocycles. The van der Waals surface area contributed by atoms with Crippen LogP contribution in [0.4, 0.5) is 0 Å². The molecule has 8 heteroatoms. The number of nitrogens with zero attached hydrogens (tertiary/aromatic N) is 4. The molecule has 2 atom stereocenters. The molecule has 3 rings (SSSR count). The first-order valence-electron chi connectivity index (χ1n) is 7.93. The fourth-order valence-electron chi connectivity index (χ4n) is 3.26. The Morgan fingerprint density at radius 1 is 1.41 bits per heavy atom. The van der Waals surface area contributed by atoms with Gasteiger partial charge in [-0.3, -0.25) is 9.69 Å². The van der Waals surface area contributed by atoms with Gasteiger partial charge < -0.3 is 9.64 Å². The molecule has 2 unspecified atom stereocenters. The van der Waals surface area contributed by atoms with Gasteiger partial charge in [0.25, 0.3) is 5.96 Å². The second-order valence-electron chi connectivity index (χ2n) is 6.48. The Labute approximate surface area is 129 Å². The molecular weight excluding hydrogens is 288 g/mol. The van der Waals surface area contributed by atoms with Gasteiger partial charge in [-0.05, 0) is 18.8 Å². The van der Waals surface area contributed by atoms with E-state index in [9.17, 15) is 14.9 Å². The highest BCUT2D eigenvalue weighted by Gasteiger charge is 2.40. The molecule has 3 aliphatic rings. The Balaban J connectivity index is 1.72. The van der Waals surface area contributed by atoms with Gasteiger partial charge >= 0.3 is 0 Å². The molecule has 0 aromatic rings. The van der Waals surface area contributed by atoms with Gasteiger partial charge in [0.15, 0.2) is 5.03 Å². The first kappa shape index (κ1) is 15.2. The third kappa shape index (κ3) is 2.92. The summed E-state index contributed by atoms with van der Waals surface area (Å²) in [5, 5.41) is 13.6. The zero-order chi connectivity index (χ0) is 15.7. The maximum atomic E-state index is 12.4. The summed E-state index contributed by atoms with van der Waals surface area (Å²) in [7, 11) is 0. The molecule has 2 saturated heterocycles. The van der Waals surface area contributed by atoms with Gasteiger partial charge in [-0.1, -0.05) is 13.3 Å². The van der Waals surface area contributed by atoms with E-state index < -0.39 is 5.03 Å². The van der Waals surface area contributed by atoms with E-state index in [2.05, 4.69) is 12.0 Å². The van der Waals surface area contributed by atoms with Crippen LogP contribution >= 0.6 is 0 Å². The van der Waals surface area contributed by atoms with Crippen molar-refractivity contribution in [2.24, 2.45) is 22.9 Å². The van der Waals surface area contributed by atoms with E-state index in [1.807, 2.05) is 4.90 Å². The summed E-state index contributed by atoms with van der Waals surface area (Å²) in [5.74, 6) is 0.973. The van der Waals surface area contributed by atoms with E-state index in [-0.39, 0.29) is 17.8 Å². The van der Waals surface area contributed by atoms with Gasteiger partial charge in [0.1, 0.15) is 5.10 Å². The fourth-order valence-corrected chi connectivity index (χ4v) is 3.26. The van der Waals surface area contributed by atoms with Crippen molar-refractivity contribution in [3.05, 3.63) is 10.1 Å². The van der Waals surface area contributed by atoms with Gasteiger partial charge in [0.05, 0.1) is 6.61 Å². The van der Waals surface area contributed by atoms with Crippen molar-refractivity contribution in [2.75, 3.05) is 32.8 Å². The zero-order valence-corrected chi connectivity index (χ0v) is 12.8. The minimum atomic E-state index is -0.705. The van der Waals surface area contributed by atoms with Crippen molar-refractivity contribution in [3.63, 3.8) is 0 Å². The molecule has 122 valence electrons. The average Bonchev–Trinajstić information content (AvgIpc) is 2.96. The minimum absolute atomic E-state index is 0.00919. The van der Waals surface area contributed by atoms with Gasteiger partial charge in [0.2, 0.25) is 5.91 Å². The van der Waals surface area contributed by atoms with Crippen LogP contribution in [0.3, 0.4) is 0 Å². The third-order valence-corrected chi connectivity index (χ3v) is 4.98. The lowest BCUT2D eigenvalue weighted by molar-refractivity contribution is -0.486. The lowest BCUT2D eigenvalue weighted by Gasteiger charge is -2.29. The van der Waals surface area contributed by atoms with E-state index in [1.54, 1.807) is 0 Å². The number of carbonyl (C=O) groups is 1. The van der Waals surface area contributed by atoms with Crippen LogP contribution < -0.4 is 0 Å². The lowest BCUT2D eigenvalue weighted by atomic mass is 9.84. The predicted octanol–water partition coefficient (Wildman–Crippen LogP) is 0.761. The number of hydrogen-bond acceptors (Lipinski definition) is 4. The SMILES string of the molecule is CC1COCC1CN1CCN(C(=O)C2CCC2)C1=N[N+](=O)[O-]. The van der Waals surface area contributed by atoms with Crippen LogP contribution in [0.1, 0.15) is 26.2 Å². The molecule has 22 heavy (non-hydrogen) atoms. The number of rotatable bonds is 4. The molecule has 1 amide bonds. The summed E-state index contributed by atoms with van der Waals surface area (Å²) >= 11 is 0. The number of nitro groups is 1. The Morgan fingerprint density at radius 2 is 2.18 bits per heavy atom. The predicted molar refractivity (Wildman–Crippen MR) is 78.5 cm³/mol. The highest BCUT2D eigenvalue weighted by atomic mass is 16.7. The minimum Gasteiger partial charge on any atom is -0.381 e. The Hall–Kier alpha value is -1.70. The van der Waals surface area contributed by atoms with E-state index in [4.69, 9.17) is 4.74 Å². The molecule has 3 fully saturated rings. The van der Waals surface area contributed by atoms with Crippen molar-refractivity contribution < 1.29 is 14.6 Å². The van der Waals surface area contributed by atoms with Gasteiger partial charge in [-0.25, -0.2) is 10.1 Å². The number of hydrogen-bond donors (Lipinski definition) is 0. The van der Waals surface area contributed by atoms with Crippen LogP contribution in [-0.4, -0.2) is 59.5 Å². The van der Waals surface area contributed by atoms with Crippen LogP contribution in [0, 0.1) is 27.9 Å². The van der Waals surface area contributed by atoms with Crippen molar-refractivity contribution >= 4 is 11.9 Å². The molecule has 0 aromatic carbocycles. The summed E-state index contributed by atoms with van der Waals surface area (Å²) < 4.78 is 5.45. The Morgan fingerprint density at radius 3 is 2.73 bits per heavy atom. The van der Waals surface area contributed by atoms with E-state index in [0.29, 0.717) is 38.1 Å². The molecule has 0 aromatic heterocycles. The maximum Gasteiger partial charge on any atom is 0.280 e. The molecule has 8 nitrogen and oxygen atoms in total. The number of hydrazone groups is 1. The summed E-state index contributed by atoms with van der Waals surface area (Å²) in [6, 6.07) is 0. The summed E-state index contributed by atoms with van der Waals surface area (Å²) in [4.78, 5) is 26.7. The van der Waals surface area contributed by atoms with Crippen molar-refractivity contribution in [1.29, 1.82) is 0 Å². The van der Waals surface area contributed by atoms with Crippen LogP contribution in [0.2, 0.25) is 0 Å². The van der Waals surface area contributed by atoms with Gasteiger partial charge in [-0.15, -0.1) is 0 Å². The van der Waals surface area contributed by atoms with E-state index in [0.717, 1.165) is 25.9 Å². The molecule has 0 bridgehead atoms. The summed E-state index contributed by atoms with van der Waals surface area (Å²) in [5.41, 5.74) is 0. The largest absolute Gasteiger partial charge is 0.381 e. The normalized spacial score (nSPS) is 30.9. The number of guanidine groups is 1. The second kappa shape index (κ2) is 6.20. The molecular formula is C14H22N4O4. The highest BCUT2D eigenvalue weighted by molar-refractivity contribution is 5.99. The van der Waals surface area contributed by atoms with Crippen LogP contribution in [0.25, 0.3) is 0 Å². The summed E-state index contributed by atoms with van der Waals surface area (Å²) in [6.07, 6.45) is 2.83. The van der Waals surface area contributed by atoms with Gasteiger partial charge in [0, 0.05) is 38.1 Å². The van der Waals surface area contributed by atoms with Crippen molar-refractivity contribution in [2.45, 2.75) is 26.2 Å². The highest BCUT2D eigenvalue weighted by Crippen LogP contribution is 2.30. The third-order valence-electron chi connectivity index (χ3n) is 4.98. The Kier molecular flexibility index (Phi) is 4.28. The zero-order valence-electron chi connectivity index (χ0n) is 12.8. The molecule has 0 radical (unpaired) electrons. The quantitative estimate of drug-likeness (QED) is 0.565. The van der Waals surface area contributed by atoms with Crippen molar-refractivity contribution in [1.82, 2.24) is 9.80 Å². The second-order valence-corrected chi connectivity index (χ2v) is 6.48. The molecule has 1 aliphatic carbocycles. The first-order chi connectivity index (χ1) is 10.6. The number of carbonyl (C=O) groups excluding carboxylic acids is 1. The number of ether oxygens (including phenoxy) is 1. The van der Waals surface area contributed by atoms with E-state index in [1.165, 1.54) is 4.90 Å². The van der Waals surface area contributed by atoms with E-state index >= 15 is 0 Å². The van der Waals surface area contributed by atoms with Crippen LogP contribution in [-0.2, 0) is 9.53 Å². The van der Waals surface area contributed by atoms with Crippen LogP contribution in [0.15, 0.2) is 5.10 Å². The Bertz CT molecular complexity index is 491. The monoisotopic (exact) mass is 310 g/mol. The first-order valence-corrected chi connectivity index (χ1v) is 7.93. The molecule has 2 heterocycles. The van der Waals surface area contributed by atoms with Gasteiger partial charge in [-0.2, -0.15) is 0 Å². The number of amides is 1. The topological polar surface area (TPSA) is 88.3 Å². The average molecular weight is 310 g/mol. The van der Waals surface area contributed by atoms with Crippen molar-refractivity contribution in [3.8, 4) is 0 Å².